The second kappa shape index (κ2) is 22.3. The molecule has 312 valence electrons. The number of likely N-dealkylation sites (N-methyl/N-ethyl adjacent to an activating group) is 3. The molecule has 13 nitrogen and oxygen atoms in total. The lowest BCUT2D eigenvalue weighted by molar-refractivity contribution is -0.148. The number of ether oxygens (including phenoxy) is 2. The summed E-state index contributed by atoms with van der Waals surface area (Å²) in [5.74, 6) is -2.04. The van der Waals surface area contributed by atoms with E-state index < -0.39 is 41.8 Å². The number of carbonyl (C=O) groups is 5. The number of carbonyl (C=O) groups excluding carboxylic acids is 5. The molecule has 1 aromatic carbocycles. The summed E-state index contributed by atoms with van der Waals surface area (Å²) in [6, 6.07) is 7.25. The third kappa shape index (κ3) is 12.5. The van der Waals surface area contributed by atoms with Crippen molar-refractivity contribution in [3.05, 3.63) is 35.9 Å². The summed E-state index contributed by atoms with van der Waals surface area (Å²) >= 11 is 0. The van der Waals surface area contributed by atoms with Gasteiger partial charge in [-0.05, 0) is 65.0 Å². The summed E-state index contributed by atoms with van der Waals surface area (Å²) in [5, 5.41) is 8.98. The molecule has 8 unspecified atom stereocenters. The van der Waals surface area contributed by atoms with Crippen LogP contribution in [0.2, 0.25) is 0 Å². The zero-order valence-corrected chi connectivity index (χ0v) is 35.9. The summed E-state index contributed by atoms with van der Waals surface area (Å²) in [4.78, 5) is 74.2. The van der Waals surface area contributed by atoms with E-state index in [9.17, 15) is 24.0 Å². The van der Waals surface area contributed by atoms with Gasteiger partial charge < -0.3 is 40.1 Å². The van der Waals surface area contributed by atoms with Crippen molar-refractivity contribution in [1.82, 2.24) is 30.7 Å². The normalized spacial score (nSPS) is 18.4. The minimum atomic E-state index is -0.874. The highest BCUT2D eigenvalue weighted by atomic mass is 16.5. The van der Waals surface area contributed by atoms with Gasteiger partial charge in [0, 0.05) is 47.3 Å². The first kappa shape index (κ1) is 47.6. The molecule has 1 saturated heterocycles. The summed E-state index contributed by atoms with van der Waals surface area (Å²) in [6.45, 7) is 18.5. The Kier molecular flexibility index (Phi) is 19.3. The van der Waals surface area contributed by atoms with E-state index in [1.165, 1.54) is 0 Å². The van der Waals surface area contributed by atoms with Crippen molar-refractivity contribution in [2.24, 2.45) is 17.8 Å². The number of methoxy groups -OCH3 is 2. The van der Waals surface area contributed by atoms with E-state index in [4.69, 9.17) is 9.47 Å². The fraction of sp³-hybridized carbons (Fsp3) is 0.738. The monoisotopic (exact) mass is 773 g/mol. The third-order valence-electron chi connectivity index (χ3n) is 11.6. The molecule has 0 aromatic heterocycles. The van der Waals surface area contributed by atoms with E-state index in [-0.39, 0.29) is 53.8 Å². The van der Waals surface area contributed by atoms with E-state index in [0.717, 1.165) is 18.4 Å². The Morgan fingerprint density at radius 3 is 2.05 bits per heavy atom. The first-order valence-electron chi connectivity index (χ1n) is 20.2. The van der Waals surface area contributed by atoms with Crippen LogP contribution in [-0.2, 0) is 39.9 Å². The highest BCUT2D eigenvalue weighted by molar-refractivity contribution is 5.92. The predicted molar refractivity (Wildman–Crippen MR) is 216 cm³/mol. The Balaban J connectivity index is 2.31. The molecule has 55 heavy (non-hydrogen) atoms. The van der Waals surface area contributed by atoms with Gasteiger partial charge in [-0.15, -0.1) is 0 Å². The number of hydrogen-bond acceptors (Lipinski definition) is 8. The molecule has 8 atom stereocenters. The lowest BCUT2D eigenvalue weighted by Crippen LogP contribution is -2.61. The van der Waals surface area contributed by atoms with Gasteiger partial charge in [0.1, 0.15) is 12.1 Å². The molecule has 1 fully saturated rings. The number of likely N-dealkylation sites (tertiary alicyclic amines) is 1. The topological polar surface area (TPSA) is 150 Å². The summed E-state index contributed by atoms with van der Waals surface area (Å²) in [6.07, 6.45) is 1.23. The van der Waals surface area contributed by atoms with Crippen LogP contribution in [0.25, 0.3) is 0 Å². The molecular weight excluding hydrogens is 700 g/mol. The molecule has 0 saturated carbocycles. The zero-order valence-electron chi connectivity index (χ0n) is 35.9. The Morgan fingerprint density at radius 1 is 0.927 bits per heavy atom. The number of benzene rings is 1. The van der Waals surface area contributed by atoms with Crippen LogP contribution in [0.3, 0.4) is 0 Å². The summed E-state index contributed by atoms with van der Waals surface area (Å²) in [5.41, 5.74) is 0.0653. The molecule has 1 aliphatic rings. The van der Waals surface area contributed by atoms with Crippen molar-refractivity contribution >= 4 is 29.5 Å². The number of nitrogens with one attached hydrogen (secondary N) is 3. The van der Waals surface area contributed by atoms with Crippen LogP contribution in [0.4, 0.5) is 0 Å². The number of amides is 5. The molecule has 2 rings (SSSR count). The predicted octanol–water partition coefficient (Wildman–Crippen LogP) is 3.64. The largest absolute Gasteiger partial charge is 0.379 e. The average molecular weight is 773 g/mol. The number of rotatable bonds is 22. The van der Waals surface area contributed by atoms with Gasteiger partial charge in [0.05, 0.1) is 42.2 Å². The molecule has 13 heteroatoms. The maximum atomic E-state index is 14.3. The highest BCUT2D eigenvalue weighted by Gasteiger charge is 2.43. The fourth-order valence-electron chi connectivity index (χ4n) is 7.58. The van der Waals surface area contributed by atoms with Crippen molar-refractivity contribution in [3.8, 4) is 0 Å². The first-order valence-corrected chi connectivity index (χ1v) is 20.2. The highest BCUT2D eigenvalue weighted by Crippen LogP contribution is 2.30. The minimum absolute atomic E-state index is 0.0135. The molecule has 0 aliphatic carbocycles. The molecule has 5 amide bonds. The lowest BCUT2D eigenvalue weighted by Gasteiger charge is -2.41. The number of hydrogen-bond donors (Lipinski definition) is 3. The fourth-order valence-corrected chi connectivity index (χ4v) is 7.58. The maximum Gasteiger partial charge on any atom is 0.245 e. The molecule has 0 spiro atoms. The standard InChI is InChI=1S/C42H72N6O7/c1-14-28(6)36(46(11)40(52)35(27(4)5)45-41(53)42(8,9)43-10)33(54-12)26-34(49)48-24-20-23-32(48)37(55-13)29(7)38(50)44-31(39(51)47(15-2)16-3)25-30-21-18-17-19-22-30/h17-19,21-22,27-29,31-33,35-37,43H,14-16,20,23-26H2,1-13H3,(H,44,50)(H,45,53). The SMILES string of the molecule is CCC(C)C(C(CC(=O)N1CCCC1C(OC)C(C)C(=O)NC(Cc1ccccc1)C(=O)N(CC)CC)OC)N(C)C(=O)C(NC(=O)C(C)(C)NC)C(C)C. The van der Waals surface area contributed by atoms with Crippen LogP contribution in [0, 0.1) is 17.8 Å². The summed E-state index contributed by atoms with van der Waals surface area (Å²) in [7, 11) is 6.53. The maximum absolute atomic E-state index is 14.3. The van der Waals surface area contributed by atoms with Crippen molar-refractivity contribution in [2.45, 2.75) is 136 Å². The van der Waals surface area contributed by atoms with Gasteiger partial charge in [0.25, 0.3) is 0 Å². The Hall–Kier alpha value is -3.55. The van der Waals surface area contributed by atoms with Crippen LogP contribution in [0.1, 0.15) is 93.6 Å². The molecule has 1 heterocycles. The second-order valence-electron chi connectivity index (χ2n) is 15.9. The Bertz CT molecular complexity index is 1390. The van der Waals surface area contributed by atoms with E-state index in [1.807, 2.05) is 71.9 Å². The van der Waals surface area contributed by atoms with E-state index in [1.54, 1.807) is 63.8 Å². The Morgan fingerprint density at radius 2 is 1.55 bits per heavy atom. The van der Waals surface area contributed by atoms with Gasteiger partial charge in [0.15, 0.2) is 0 Å². The molecule has 1 aliphatic heterocycles. The van der Waals surface area contributed by atoms with E-state index in [0.29, 0.717) is 32.5 Å². The van der Waals surface area contributed by atoms with Crippen LogP contribution in [0.5, 0.6) is 0 Å². The molecule has 1 aromatic rings. The van der Waals surface area contributed by atoms with Gasteiger partial charge in [-0.3, -0.25) is 24.0 Å². The van der Waals surface area contributed by atoms with Crippen molar-refractivity contribution in [2.75, 3.05) is 47.9 Å². The average Bonchev–Trinajstić information content (AvgIpc) is 3.66. The van der Waals surface area contributed by atoms with Gasteiger partial charge in [-0.1, -0.05) is 71.4 Å². The van der Waals surface area contributed by atoms with Crippen molar-refractivity contribution in [1.29, 1.82) is 0 Å². The van der Waals surface area contributed by atoms with Gasteiger partial charge in [0.2, 0.25) is 29.5 Å². The third-order valence-corrected chi connectivity index (χ3v) is 11.6. The second-order valence-corrected chi connectivity index (χ2v) is 15.9. The molecular formula is C42H72N6O7. The van der Waals surface area contributed by atoms with Gasteiger partial charge in [-0.2, -0.15) is 0 Å². The molecule has 0 bridgehead atoms. The van der Waals surface area contributed by atoms with E-state index in [2.05, 4.69) is 16.0 Å². The zero-order chi connectivity index (χ0) is 41.6. The quantitative estimate of drug-likeness (QED) is 0.162. The van der Waals surface area contributed by atoms with Crippen LogP contribution < -0.4 is 16.0 Å². The minimum Gasteiger partial charge on any atom is -0.379 e. The summed E-state index contributed by atoms with van der Waals surface area (Å²) < 4.78 is 12.0. The number of nitrogens with zero attached hydrogens (tertiary/aromatic N) is 3. The van der Waals surface area contributed by atoms with Gasteiger partial charge in [-0.25, -0.2) is 0 Å². The smallest absolute Gasteiger partial charge is 0.245 e. The van der Waals surface area contributed by atoms with Crippen LogP contribution in [-0.4, -0.2) is 134 Å². The van der Waals surface area contributed by atoms with Crippen LogP contribution in [0.15, 0.2) is 30.3 Å². The van der Waals surface area contributed by atoms with Crippen molar-refractivity contribution < 1.29 is 33.4 Å². The first-order chi connectivity index (χ1) is 25.9. The van der Waals surface area contributed by atoms with Gasteiger partial charge >= 0.3 is 0 Å². The molecule has 3 N–H and O–H groups in total. The molecule has 0 radical (unpaired) electrons. The van der Waals surface area contributed by atoms with Crippen molar-refractivity contribution in [3.63, 3.8) is 0 Å². The van der Waals surface area contributed by atoms with Crippen LogP contribution >= 0.6 is 0 Å². The Labute approximate surface area is 331 Å². The lowest BCUT2D eigenvalue weighted by atomic mass is 9.89. The van der Waals surface area contributed by atoms with E-state index >= 15 is 0 Å².